The van der Waals surface area contributed by atoms with Crippen molar-refractivity contribution >= 4 is 16.9 Å². The minimum atomic E-state index is 0.0199. The molecule has 1 aliphatic rings. The molecule has 1 fully saturated rings. The van der Waals surface area contributed by atoms with Gasteiger partial charge in [-0.3, -0.25) is 4.79 Å². The summed E-state index contributed by atoms with van der Waals surface area (Å²) in [7, 11) is 1.60. The highest BCUT2D eigenvalue weighted by Crippen LogP contribution is 2.31. The van der Waals surface area contributed by atoms with Gasteiger partial charge < -0.3 is 19.4 Å². The van der Waals surface area contributed by atoms with Crippen molar-refractivity contribution in [1.29, 1.82) is 0 Å². The lowest BCUT2D eigenvalue weighted by Crippen LogP contribution is -2.38. The van der Waals surface area contributed by atoms with Gasteiger partial charge in [0, 0.05) is 24.6 Å². The first-order chi connectivity index (χ1) is 16.6. The van der Waals surface area contributed by atoms with Gasteiger partial charge in [-0.15, -0.1) is 0 Å². The number of aryl methyl sites for hydroxylation is 1. The first-order valence-electron chi connectivity index (χ1n) is 11.7. The fraction of sp³-hybridized carbons (Fsp3) is 0.286. The summed E-state index contributed by atoms with van der Waals surface area (Å²) in [6, 6.07) is 21.7. The molecule has 4 aromatic rings. The van der Waals surface area contributed by atoms with Crippen molar-refractivity contribution in [3.63, 3.8) is 0 Å². The van der Waals surface area contributed by atoms with Crippen molar-refractivity contribution in [2.45, 2.75) is 32.3 Å². The van der Waals surface area contributed by atoms with E-state index in [-0.39, 0.29) is 5.91 Å². The van der Waals surface area contributed by atoms with Gasteiger partial charge in [0.2, 0.25) is 0 Å². The minimum Gasteiger partial charge on any atom is -0.493 e. The van der Waals surface area contributed by atoms with Gasteiger partial charge in [-0.25, -0.2) is 4.98 Å². The van der Waals surface area contributed by atoms with Gasteiger partial charge in [0.05, 0.1) is 18.1 Å². The normalized spacial score (nSPS) is 14.4. The van der Waals surface area contributed by atoms with Gasteiger partial charge >= 0.3 is 0 Å². The first kappa shape index (κ1) is 22.0. The lowest BCUT2D eigenvalue weighted by molar-refractivity contribution is 0.0711. The number of carbonyl (C=O) groups is 1. The summed E-state index contributed by atoms with van der Waals surface area (Å²) < 4.78 is 11.5. The molecule has 6 heteroatoms. The van der Waals surface area contributed by atoms with Crippen LogP contribution in [0.3, 0.4) is 0 Å². The smallest absolute Gasteiger partial charge is 0.253 e. The van der Waals surface area contributed by atoms with E-state index < -0.39 is 0 Å². The monoisotopic (exact) mass is 455 g/mol. The molecule has 34 heavy (non-hydrogen) atoms. The van der Waals surface area contributed by atoms with Crippen LogP contribution in [-0.2, 0) is 6.61 Å². The summed E-state index contributed by atoms with van der Waals surface area (Å²) in [5, 5.41) is 0. The molecule has 1 N–H and O–H groups in total. The van der Waals surface area contributed by atoms with Crippen molar-refractivity contribution in [2.24, 2.45) is 0 Å². The predicted molar refractivity (Wildman–Crippen MR) is 132 cm³/mol. The Labute approximate surface area is 199 Å². The van der Waals surface area contributed by atoms with Crippen LogP contribution < -0.4 is 9.47 Å². The Kier molecular flexibility index (Phi) is 6.21. The highest BCUT2D eigenvalue weighted by atomic mass is 16.5. The van der Waals surface area contributed by atoms with Gasteiger partial charge in [-0.2, -0.15) is 0 Å². The highest BCUT2D eigenvalue weighted by Gasteiger charge is 2.27. The molecule has 0 bridgehead atoms. The van der Waals surface area contributed by atoms with Gasteiger partial charge in [0.1, 0.15) is 12.4 Å². The zero-order valence-corrected chi connectivity index (χ0v) is 19.6. The van der Waals surface area contributed by atoms with Gasteiger partial charge in [-0.05, 0) is 55.7 Å². The molecule has 1 saturated heterocycles. The van der Waals surface area contributed by atoms with Crippen LogP contribution >= 0.6 is 0 Å². The molecule has 1 amide bonds. The van der Waals surface area contributed by atoms with Crippen LogP contribution in [0.5, 0.6) is 11.5 Å². The number of aromatic nitrogens is 2. The number of benzene rings is 3. The number of aromatic amines is 1. The SMILES string of the molecule is COc1cc(C(=O)N2CCC(c3nc4ccccc4[nH]3)CC2)ccc1OCc1ccc(C)cc1. The number of ether oxygens (including phenoxy) is 2. The second kappa shape index (κ2) is 9.59. The Morgan fingerprint density at radius 2 is 1.79 bits per heavy atom. The van der Waals surface area contributed by atoms with E-state index >= 15 is 0 Å². The Bertz CT molecular complexity index is 1260. The average molecular weight is 456 g/mol. The van der Waals surface area contributed by atoms with Crippen LogP contribution in [0.1, 0.15) is 46.1 Å². The number of para-hydroxylation sites is 2. The van der Waals surface area contributed by atoms with Crippen LogP contribution in [0.15, 0.2) is 66.7 Å². The number of nitrogens with one attached hydrogen (secondary N) is 1. The molecular formula is C28H29N3O3. The van der Waals surface area contributed by atoms with Crippen molar-refractivity contribution < 1.29 is 14.3 Å². The zero-order valence-electron chi connectivity index (χ0n) is 19.6. The van der Waals surface area contributed by atoms with E-state index in [9.17, 15) is 4.79 Å². The molecular weight excluding hydrogens is 426 g/mol. The number of hydrogen-bond donors (Lipinski definition) is 1. The molecule has 0 spiro atoms. The fourth-order valence-corrected chi connectivity index (χ4v) is 4.47. The highest BCUT2D eigenvalue weighted by molar-refractivity contribution is 5.95. The van der Waals surface area contributed by atoms with E-state index in [0.717, 1.165) is 35.3 Å². The molecule has 0 atom stereocenters. The van der Waals surface area contributed by atoms with E-state index in [4.69, 9.17) is 14.5 Å². The molecule has 1 aliphatic heterocycles. The van der Waals surface area contributed by atoms with Gasteiger partial charge in [0.15, 0.2) is 11.5 Å². The summed E-state index contributed by atoms with van der Waals surface area (Å²) in [4.78, 5) is 23.3. The van der Waals surface area contributed by atoms with E-state index in [1.54, 1.807) is 13.2 Å². The van der Waals surface area contributed by atoms with E-state index in [0.29, 0.717) is 42.7 Å². The van der Waals surface area contributed by atoms with Crippen LogP contribution in [-0.4, -0.2) is 41.0 Å². The number of fused-ring (bicyclic) bond motifs is 1. The lowest BCUT2D eigenvalue weighted by atomic mass is 9.95. The third kappa shape index (κ3) is 4.62. The summed E-state index contributed by atoms with van der Waals surface area (Å²) in [5.74, 6) is 2.57. The number of imidazole rings is 1. The maximum atomic E-state index is 13.2. The lowest BCUT2D eigenvalue weighted by Gasteiger charge is -2.31. The first-order valence-corrected chi connectivity index (χ1v) is 11.7. The summed E-state index contributed by atoms with van der Waals surface area (Å²) in [5.41, 5.74) is 4.97. The number of piperidine rings is 1. The standard InChI is InChI=1S/C28H29N3O3/c1-19-7-9-20(10-8-19)18-34-25-12-11-22(17-26(25)33-2)28(32)31-15-13-21(14-16-31)27-29-23-5-3-4-6-24(23)30-27/h3-12,17,21H,13-16,18H2,1-2H3,(H,29,30). The Balaban J connectivity index is 1.22. The molecule has 0 saturated carbocycles. The number of carbonyl (C=O) groups excluding carboxylic acids is 1. The summed E-state index contributed by atoms with van der Waals surface area (Å²) in [6.45, 7) is 3.91. The van der Waals surface area contributed by atoms with E-state index in [1.165, 1.54) is 5.56 Å². The van der Waals surface area contributed by atoms with Crippen LogP contribution in [0.2, 0.25) is 0 Å². The molecule has 5 rings (SSSR count). The molecule has 3 aromatic carbocycles. The number of rotatable bonds is 6. The fourth-order valence-electron chi connectivity index (χ4n) is 4.47. The van der Waals surface area contributed by atoms with Crippen LogP contribution in [0, 0.1) is 6.92 Å². The van der Waals surface area contributed by atoms with Crippen molar-refractivity contribution in [3.05, 3.63) is 89.2 Å². The van der Waals surface area contributed by atoms with Gasteiger partial charge in [0.25, 0.3) is 5.91 Å². The number of methoxy groups -OCH3 is 1. The maximum Gasteiger partial charge on any atom is 0.253 e. The van der Waals surface area contributed by atoms with Crippen molar-refractivity contribution in [3.8, 4) is 11.5 Å². The van der Waals surface area contributed by atoms with E-state index in [1.807, 2.05) is 41.3 Å². The largest absolute Gasteiger partial charge is 0.493 e. The molecule has 2 heterocycles. The molecule has 1 aromatic heterocycles. The van der Waals surface area contributed by atoms with Crippen LogP contribution in [0.25, 0.3) is 11.0 Å². The Morgan fingerprint density at radius 3 is 2.53 bits per heavy atom. The number of nitrogens with zero attached hydrogens (tertiary/aromatic N) is 2. The zero-order chi connectivity index (χ0) is 23.5. The number of H-pyrrole nitrogens is 1. The second-order valence-corrected chi connectivity index (χ2v) is 8.85. The number of amides is 1. The molecule has 0 aliphatic carbocycles. The summed E-state index contributed by atoms with van der Waals surface area (Å²) in [6.07, 6.45) is 1.78. The van der Waals surface area contributed by atoms with Crippen molar-refractivity contribution in [2.75, 3.05) is 20.2 Å². The Hall–Kier alpha value is -3.80. The Morgan fingerprint density at radius 1 is 1.03 bits per heavy atom. The van der Waals surface area contributed by atoms with Crippen LogP contribution in [0.4, 0.5) is 0 Å². The minimum absolute atomic E-state index is 0.0199. The summed E-state index contributed by atoms with van der Waals surface area (Å²) >= 11 is 0. The molecule has 0 radical (unpaired) electrons. The third-order valence-corrected chi connectivity index (χ3v) is 6.50. The number of likely N-dealkylation sites (tertiary alicyclic amines) is 1. The average Bonchev–Trinajstić information content (AvgIpc) is 3.32. The quantitative estimate of drug-likeness (QED) is 0.418. The van der Waals surface area contributed by atoms with Crippen molar-refractivity contribution in [1.82, 2.24) is 14.9 Å². The topological polar surface area (TPSA) is 67.5 Å². The van der Waals surface area contributed by atoms with E-state index in [2.05, 4.69) is 36.2 Å². The molecule has 0 unspecified atom stereocenters. The third-order valence-electron chi connectivity index (χ3n) is 6.50. The number of hydrogen-bond acceptors (Lipinski definition) is 4. The second-order valence-electron chi connectivity index (χ2n) is 8.85. The maximum absolute atomic E-state index is 13.2. The predicted octanol–water partition coefficient (Wildman–Crippen LogP) is 5.48. The molecule has 174 valence electrons. The van der Waals surface area contributed by atoms with Gasteiger partial charge in [-0.1, -0.05) is 42.0 Å². The molecule has 6 nitrogen and oxygen atoms in total.